The van der Waals surface area contributed by atoms with Crippen LogP contribution in [0.5, 0.6) is 0 Å². The zero-order chi connectivity index (χ0) is 29.3. The van der Waals surface area contributed by atoms with Crippen LogP contribution in [0.15, 0.2) is 91.0 Å². The molecule has 230 valence electrons. The second kappa shape index (κ2) is 14.9. The van der Waals surface area contributed by atoms with Gasteiger partial charge in [-0.25, -0.2) is 0 Å². The molecule has 8 heteroatoms. The van der Waals surface area contributed by atoms with Gasteiger partial charge in [-0.3, -0.25) is 0 Å². The van der Waals surface area contributed by atoms with E-state index in [-0.39, 0.29) is 12.7 Å². The zero-order valence-electron chi connectivity index (χ0n) is 24.5. The molecule has 1 saturated carbocycles. The number of hydrogen-bond acceptors (Lipinski definition) is 8. The molecule has 3 fully saturated rings. The summed E-state index contributed by atoms with van der Waals surface area (Å²) >= 11 is 0. The first-order chi connectivity index (χ1) is 21.2. The number of hydrogen-bond donors (Lipinski definition) is 1. The zero-order valence-corrected chi connectivity index (χ0v) is 24.5. The fraction of sp³-hybridized carbons (Fsp3) is 0.486. The number of aliphatic hydroxyl groups excluding tert-OH is 1. The maximum absolute atomic E-state index is 11.7. The molecule has 1 aliphatic carbocycles. The van der Waals surface area contributed by atoms with Crippen LogP contribution >= 0.6 is 0 Å². The molecule has 0 amide bonds. The lowest BCUT2D eigenvalue weighted by Crippen LogP contribution is -2.61. The minimum atomic E-state index is -1.07. The van der Waals surface area contributed by atoms with Crippen molar-refractivity contribution in [3.8, 4) is 0 Å². The predicted molar refractivity (Wildman–Crippen MR) is 159 cm³/mol. The Morgan fingerprint density at radius 3 is 1.74 bits per heavy atom. The Labute approximate surface area is 253 Å². The van der Waals surface area contributed by atoms with Crippen LogP contribution in [0, 0.1) is 0 Å². The van der Waals surface area contributed by atoms with Crippen molar-refractivity contribution in [2.24, 2.45) is 0 Å². The van der Waals surface area contributed by atoms with E-state index in [1.54, 1.807) is 0 Å². The maximum Gasteiger partial charge on any atom is 0.186 e. The molecule has 2 saturated heterocycles. The monoisotopic (exact) mass is 590 g/mol. The number of rotatable bonds is 12. The van der Waals surface area contributed by atoms with Gasteiger partial charge in [-0.05, 0) is 29.5 Å². The molecule has 0 aromatic heterocycles. The lowest BCUT2D eigenvalue weighted by molar-refractivity contribution is -0.331. The van der Waals surface area contributed by atoms with Crippen molar-refractivity contribution < 1.29 is 38.3 Å². The van der Waals surface area contributed by atoms with Crippen LogP contribution < -0.4 is 0 Å². The number of benzene rings is 3. The fourth-order valence-corrected chi connectivity index (χ4v) is 6.08. The van der Waals surface area contributed by atoms with Crippen molar-refractivity contribution in [1.82, 2.24) is 0 Å². The smallest absolute Gasteiger partial charge is 0.186 e. The number of aliphatic hydroxyl groups is 1. The SMILES string of the molecule is O[C@@H]1[C@H](OC2CCC3(CC2)OCCO3)O[C@H](COCc2ccccc2)[C@@H](OCc2ccccc2)[C@@H]1OCc1ccccc1. The third kappa shape index (κ3) is 8.09. The van der Waals surface area contributed by atoms with Gasteiger partial charge in [0.15, 0.2) is 12.1 Å². The van der Waals surface area contributed by atoms with E-state index in [1.165, 1.54) is 0 Å². The van der Waals surface area contributed by atoms with Crippen LogP contribution in [0.25, 0.3) is 0 Å². The van der Waals surface area contributed by atoms with Crippen molar-refractivity contribution in [3.05, 3.63) is 108 Å². The minimum absolute atomic E-state index is 0.0967. The quantitative estimate of drug-likeness (QED) is 0.310. The lowest BCUT2D eigenvalue weighted by atomic mass is 9.91. The van der Waals surface area contributed by atoms with E-state index >= 15 is 0 Å². The Morgan fingerprint density at radius 1 is 0.674 bits per heavy atom. The summed E-state index contributed by atoms with van der Waals surface area (Å²) in [4.78, 5) is 0. The summed E-state index contributed by atoms with van der Waals surface area (Å²) in [6, 6.07) is 29.9. The van der Waals surface area contributed by atoms with E-state index in [1.807, 2.05) is 91.0 Å². The van der Waals surface area contributed by atoms with Gasteiger partial charge in [0.05, 0.1) is 45.7 Å². The molecule has 3 aromatic rings. The van der Waals surface area contributed by atoms with Crippen molar-refractivity contribution in [3.63, 3.8) is 0 Å². The number of ether oxygens (including phenoxy) is 7. The molecule has 8 nitrogen and oxygen atoms in total. The molecule has 0 bridgehead atoms. The third-order valence-electron chi connectivity index (χ3n) is 8.41. The van der Waals surface area contributed by atoms with Gasteiger partial charge in [0.2, 0.25) is 0 Å². The van der Waals surface area contributed by atoms with Crippen molar-refractivity contribution in [1.29, 1.82) is 0 Å². The van der Waals surface area contributed by atoms with Gasteiger partial charge in [0.25, 0.3) is 0 Å². The van der Waals surface area contributed by atoms with E-state index in [4.69, 9.17) is 33.2 Å². The van der Waals surface area contributed by atoms with Gasteiger partial charge in [0.1, 0.15) is 24.4 Å². The van der Waals surface area contributed by atoms with Gasteiger partial charge in [-0.1, -0.05) is 91.0 Å². The average molecular weight is 591 g/mol. The Morgan fingerprint density at radius 2 is 1.19 bits per heavy atom. The molecule has 1 N–H and O–H groups in total. The van der Waals surface area contributed by atoms with Crippen LogP contribution in [0.2, 0.25) is 0 Å². The summed E-state index contributed by atoms with van der Waals surface area (Å²) in [5.41, 5.74) is 3.09. The first-order valence-electron chi connectivity index (χ1n) is 15.4. The largest absolute Gasteiger partial charge is 0.385 e. The molecular weight excluding hydrogens is 548 g/mol. The highest BCUT2D eigenvalue weighted by atomic mass is 16.7. The maximum atomic E-state index is 11.7. The van der Waals surface area contributed by atoms with Crippen LogP contribution in [-0.4, -0.2) is 67.5 Å². The molecule has 5 atom stereocenters. The highest BCUT2D eigenvalue weighted by Gasteiger charge is 2.49. The van der Waals surface area contributed by atoms with Gasteiger partial charge < -0.3 is 38.3 Å². The first kappa shape index (κ1) is 30.4. The molecule has 3 aliphatic rings. The third-order valence-corrected chi connectivity index (χ3v) is 8.41. The highest BCUT2D eigenvalue weighted by Crippen LogP contribution is 2.38. The molecule has 3 aromatic carbocycles. The van der Waals surface area contributed by atoms with Crippen LogP contribution in [0.1, 0.15) is 42.4 Å². The molecule has 6 rings (SSSR count). The summed E-state index contributed by atoms with van der Waals surface area (Å²) in [7, 11) is 0. The summed E-state index contributed by atoms with van der Waals surface area (Å²) < 4.78 is 43.8. The van der Waals surface area contributed by atoms with Crippen LogP contribution in [0.3, 0.4) is 0 Å². The highest BCUT2D eigenvalue weighted by molar-refractivity contribution is 5.15. The predicted octanol–water partition coefficient (Wildman–Crippen LogP) is 5.16. The van der Waals surface area contributed by atoms with Gasteiger partial charge >= 0.3 is 0 Å². The lowest BCUT2D eigenvalue weighted by Gasteiger charge is -2.45. The Bertz CT molecular complexity index is 1210. The van der Waals surface area contributed by atoms with Crippen molar-refractivity contribution in [2.75, 3.05) is 19.8 Å². The normalized spacial score (nSPS) is 27.4. The average Bonchev–Trinajstić information content (AvgIpc) is 3.51. The van der Waals surface area contributed by atoms with Gasteiger partial charge in [0, 0.05) is 12.8 Å². The summed E-state index contributed by atoms with van der Waals surface area (Å²) in [6.07, 6.45) is -0.873. The van der Waals surface area contributed by atoms with E-state index < -0.39 is 36.5 Å². The summed E-state index contributed by atoms with van der Waals surface area (Å²) in [6.45, 7) is 2.61. The Balaban J connectivity index is 1.18. The fourth-order valence-electron chi connectivity index (χ4n) is 6.08. The Kier molecular flexibility index (Phi) is 10.5. The topological polar surface area (TPSA) is 84.8 Å². The summed E-state index contributed by atoms with van der Waals surface area (Å²) in [5, 5.41) is 11.7. The van der Waals surface area contributed by atoms with Gasteiger partial charge in [-0.2, -0.15) is 0 Å². The second-order valence-corrected chi connectivity index (χ2v) is 11.5. The summed E-state index contributed by atoms with van der Waals surface area (Å²) in [5.74, 6) is -0.489. The standard InChI is InChI=1S/C35H42O8/c36-31-33(39-24-28-14-8-3-9-15-28)32(38-23-27-12-6-2-7-13-27)30(25-37-22-26-10-4-1-5-11-26)43-34(31)42-29-16-18-35(19-17-29)40-20-21-41-35/h1-15,29-34,36H,16-25H2/t30-,31+,32-,33-,34-/m1/s1. The molecule has 2 heterocycles. The molecule has 1 spiro atoms. The van der Waals surface area contributed by atoms with Crippen molar-refractivity contribution in [2.45, 2.75) is 88.1 Å². The molecule has 0 unspecified atom stereocenters. The van der Waals surface area contributed by atoms with Crippen LogP contribution in [-0.2, 0) is 53.0 Å². The second-order valence-electron chi connectivity index (χ2n) is 11.5. The van der Waals surface area contributed by atoms with E-state index in [0.717, 1.165) is 42.4 Å². The van der Waals surface area contributed by atoms with Crippen LogP contribution in [0.4, 0.5) is 0 Å². The van der Waals surface area contributed by atoms with Gasteiger partial charge in [-0.15, -0.1) is 0 Å². The molecule has 43 heavy (non-hydrogen) atoms. The van der Waals surface area contributed by atoms with Crippen molar-refractivity contribution >= 4 is 0 Å². The van der Waals surface area contributed by atoms with E-state index in [2.05, 4.69) is 0 Å². The molecule has 2 aliphatic heterocycles. The van der Waals surface area contributed by atoms with E-state index in [9.17, 15) is 5.11 Å². The molecular formula is C35H42O8. The minimum Gasteiger partial charge on any atom is -0.385 e. The first-order valence-corrected chi connectivity index (χ1v) is 15.4. The Hall–Kier alpha value is -2.66. The molecule has 0 radical (unpaired) electrons. The van der Waals surface area contributed by atoms with E-state index in [0.29, 0.717) is 33.0 Å².